The highest BCUT2D eigenvalue weighted by Crippen LogP contribution is 2.31. The van der Waals surface area contributed by atoms with Crippen LogP contribution in [0.25, 0.3) is 11.1 Å². The minimum Gasteiger partial charge on any atom is -0.322 e. The Morgan fingerprint density at radius 1 is 0.964 bits per heavy atom. The molecule has 1 N–H and O–H groups in total. The van der Waals surface area contributed by atoms with Gasteiger partial charge in [0, 0.05) is 30.4 Å². The second-order valence-corrected chi connectivity index (χ2v) is 7.13. The molecule has 4 nitrogen and oxygen atoms in total. The number of benzene rings is 3. The summed E-state index contributed by atoms with van der Waals surface area (Å²) in [6.45, 7) is 4.25. The van der Waals surface area contributed by atoms with E-state index in [-0.39, 0.29) is 11.8 Å². The van der Waals surface area contributed by atoms with Crippen LogP contribution in [0.3, 0.4) is 0 Å². The van der Waals surface area contributed by atoms with Crippen LogP contribution in [0.4, 0.5) is 11.4 Å². The first-order chi connectivity index (χ1) is 13.5. The van der Waals surface area contributed by atoms with Gasteiger partial charge in [-0.25, -0.2) is 0 Å². The van der Waals surface area contributed by atoms with Crippen molar-refractivity contribution < 1.29 is 9.59 Å². The fourth-order valence-corrected chi connectivity index (χ4v) is 3.72. The van der Waals surface area contributed by atoms with Gasteiger partial charge in [-0.3, -0.25) is 9.59 Å². The van der Waals surface area contributed by atoms with Crippen molar-refractivity contribution in [2.45, 2.75) is 20.3 Å². The molecule has 0 spiro atoms. The summed E-state index contributed by atoms with van der Waals surface area (Å²) >= 11 is 0. The smallest absolute Gasteiger partial charge is 0.256 e. The van der Waals surface area contributed by atoms with E-state index < -0.39 is 0 Å². The molecular weight excluding hydrogens is 348 g/mol. The SMILES string of the molecule is CC(=O)N1CCc2cc(NC(=O)c3cc(C)ccc3-c3ccccc3)ccc21. The number of nitrogens with one attached hydrogen (secondary N) is 1. The Morgan fingerprint density at radius 3 is 2.50 bits per heavy atom. The average molecular weight is 370 g/mol. The first kappa shape index (κ1) is 18.0. The molecule has 0 atom stereocenters. The summed E-state index contributed by atoms with van der Waals surface area (Å²) in [5, 5.41) is 3.03. The van der Waals surface area contributed by atoms with E-state index in [0.717, 1.165) is 40.0 Å². The van der Waals surface area contributed by atoms with E-state index in [4.69, 9.17) is 0 Å². The Bertz CT molecular complexity index is 1060. The first-order valence-electron chi connectivity index (χ1n) is 9.41. The highest BCUT2D eigenvalue weighted by molar-refractivity contribution is 6.09. The molecule has 0 unspecified atom stereocenters. The van der Waals surface area contributed by atoms with Crippen molar-refractivity contribution in [1.82, 2.24) is 0 Å². The second-order valence-electron chi connectivity index (χ2n) is 7.13. The standard InChI is InChI=1S/C24H22N2O2/c1-16-8-10-21(18-6-4-3-5-7-18)22(14-16)24(28)25-20-9-11-23-19(15-20)12-13-26(23)17(2)27/h3-11,14-15H,12-13H2,1-2H3,(H,25,28). The molecule has 4 heteroatoms. The van der Waals surface area contributed by atoms with Crippen LogP contribution in [0.2, 0.25) is 0 Å². The maximum atomic E-state index is 13.1. The van der Waals surface area contributed by atoms with Crippen molar-refractivity contribution in [2.24, 2.45) is 0 Å². The van der Waals surface area contributed by atoms with Crippen molar-refractivity contribution in [3.8, 4) is 11.1 Å². The number of hydrogen-bond donors (Lipinski definition) is 1. The third-order valence-corrected chi connectivity index (χ3v) is 5.12. The molecule has 0 saturated heterocycles. The second kappa shape index (κ2) is 7.31. The van der Waals surface area contributed by atoms with Crippen LogP contribution >= 0.6 is 0 Å². The van der Waals surface area contributed by atoms with Crippen LogP contribution < -0.4 is 10.2 Å². The van der Waals surface area contributed by atoms with Gasteiger partial charge >= 0.3 is 0 Å². The maximum Gasteiger partial charge on any atom is 0.256 e. The van der Waals surface area contributed by atoms with Crippen LogP contribution in [-0.2, 0) is 11.2 Å². The number of carbonyl (C=O) groups is 2. The van der Waals surface area contributed by atoms with Crippen LogP contribution in [-0.4, -0.2) is 18.4 Å². The van der Waals surface area contributed by atoms with E-state index in [0.29, 0.717) is 12.1 Å². The molecule has 1 aliphatic rings. The zero-order chi connectivity index (χ0) is 19.7. The lowest BCUT2D eigenvalue weighted by Gasteiger charge is -2.15. The van der Waals surface area contributed by atoms with Crippen molar-refractivity contribution in [3.05, 3.63) is 83.4 Å². The molecule has 0 aromatic heterocycles. The molecule has 0 radical (unpaired) electrons. The molecule has 140 valence electrons. The minimum absolute atomic E-state index is 0.0443. The molecule has 0 saturated carbocycles. The zero-order valence-electron chi connectivity index (χ0n) is 16.0. The lowest BCUT2D eigenvalue weighted by atomic mass is 9.97. The van der Waals surface area contributed by atoms with Crippen molar-refractivity contribution in [2.75, 3.05) is 16.8 Å². The average Bonchev–Trinajstić information content (AvgIpc) is 3.12. The zero-order valence-corrected chi connectivity index (χ0v) is 16.0. The van der Waals surface area contributed by atoms with Crippen molar-refractivity contribution in [1.29, 1.82) is 0 Å². The minimum atomic E-state index is -0.135. The lowest BCUT2D eigenvalue weighted by Crippen LogP contribution is -2.25. The number of amides is 2. The van der Waals surface area contributed by atoms with Gasteiger partial charge in [-0.15, -0.1) is 0 Å². The highest BCUT2D eigenvalue weighted by atomic mass is 16.2. The summed E-state index contributed by atoms with van der Waals surface area (Å²) in [5.74, 6) is -0.0910. The predicted octanol–water partition coefficient (Wildman–Crippen LogP) is 4.82. The van der Waals surface area contributed by atoms with Gasteiger partial charge < -0.3 is 10.2 Å². The van der Waals surface area contributed by atoms with E-state index in [1.54, 1.807) is 11.8 Å². The molecule has 0 aliphatic carbocycles. The third-order valence-electron chi connectivity index (χ3n) is 5.12. The van der Waals surface area contributed by atoms with Gasteiger partial charge in [0.2, 0.25) is 5.91 Å². The largest absolute Gasteiger partial charge is 0.322 e. The summed E-state index contributed by atoms with van der Waals surface area (Å²) < 4.78 is 0. The number of nitrogens with zero attached hydrogens (tertiary/aromatic N) is 1. The van der Waals surface area contributed by atoms with Gasteiger partial charge in [0.25, 0.3) is 5.91 Å². The van der Waals surface area contributed by atoms with Gasteiger partial charge in [0.1, 0.15) is 0 Å². The van der Waals surface area contributed by atoms with Crippen LogP contribution in [0.1, 0.15) is 28.4 Å². The number of carbonyl (C=O) groups excluding carboxylic acids is 2. The first-order valence-corrected chi connectivity index (χ1v) is 9.41. The quantitative estimate of drug-likeness (QED) is 0.718. The molecule has 1 aliphatic heterocycles. The molecule has 2 amide bonds. The summed E-state index contributed by atoms with van der Waals surface area (Å²) in [5.41, 5.74) is 6.38. The van der Waals surface area contributed by atoms with Crippen LogP contribution in [0, 0.1) is 6.92 Å². The number of hydrogen-bond acceptors (Lipinski definition) is 2. The van der Waals surface area contributed by atoms with E-state index >= 15 is 0 Å². The summed E-state index contributed by atoms with van der Waals surface area (Å²) in [6, 6.07) is 21.6. The highest BCUT2D eigenvalue weighted by Gasteiger charge is 2.22. The fraction of sp³-hybridized carbons (Fsp3) is 0.167. The Morgan fingerprint density at radius 2 is 1.75 bits per heavy atom. The van der Waals surface area contributed by atoms with Gasteiger partial charge in [-0.1, -0.05) is 48.0 Å². The Kier molecular flexibility index (Phi) is 4.70. The van der Waals surface area contributed by atoms with Gasteiger partial charge in [0.15, 0.2) is 0 Å². The third kappa shape index (κ3) is 3.41. The van der Waals surface area contributed by atoms with Crippen LogP contribution in [0.15, 0.2) is 66.7 Å². The molecule has 28 heavy (non-hydrogen) atoms. The number of anilines is 2. The normalized spacial score (nSPS) is 12.6. The van der Waals surface area contributed by atoms with Gasteiger partial charge in [-0.2, -0.15) is 0 Å². The summed E-state index contributed by atoms with van der Waals surface area (Å²) in [4.78, 5) is 26.5. The van der Waals surface area contributed by atoms with Gasteiger partial charge in [-0.05, 0) is 54.3 Å². The van der Waals surface area contributed by atoms with Crippen molar-refractivity contribution in [3.63, 3.8) is 0 Å². The van der Waals surface area contributed by atoms with Crippen LogP contribution in [0.5, 0.6) is 0 Å². The molecule has 4 rings (SSSR count). The predicted molar refractivity (Wildman–Crippen MR) is 113 cm³/mol. The van der Waals surface area contributed by atoms with Crippen molar-refractivity contribution >= 4 is 23.2 Å². The Hall–Kier alpha value is -3.40. The van der Waals surface area contributed by atoms with E-state index in [1.165, 1.54) is 0 Å². The molecular formula is C24H22N2O2. The monoisotopic (exact) mass is 370 g/mol. The summed E-state index contributed by atoms with van der Waals surface area (Å²) in [6.07, 6.45) is 0.804. The molecule has 0 bridgehead atoms. The fourth-order valence-electron chi connectivity index (χ4n) is 3.72. The maximum absolute atomic E-state index is 13.1. The Labute approximate surface area is 164 Å². The summed E-state index contributed by atoms with van der Waals surface area (Å²) in [7, 11) is 0. The van der Waals surface area contributed by atoms with E-state index in [2.05, 4.69) is 5.32 Å². The molecule has 3 aromatic rings. The lowest BCUT2D eigenvalue weighted by molar-refractivity contribution is -0.116. The molecule has 0 fully saturated rings. The van der Waals surface area contributed by atoms with Gasteiger partial charge in [0.05, 0.1) is 0 Å². The molecule has 1 heterocycles. The number of aryl methyl sites for hydroxylation is 1. The number of rotatable bonds is 3. The Balaban J connectivity index is 1.63. The number of fused-ring (bicyclic) bond motifs is 1. The topological polar surface area (TPSA) is 49.4 Å². The van der Waals surface area contributed by atoms with E-state index in [9.17, 15) is 9.59 Å². The molecule has 3 aromatic carbocycles. The van der Waals surface area contributed by atoms with E-state index in [1.807, 2.05) is 73.7 Å².